The number of aromatic nitrogens is 1. The fourth-order valence-corrected chi connectivity index (χ4v) is 2.95. The van der Waals surface area contributed by atoms with Gasteiger partial charge in [-0.15, -0.1) is 11.3 Å². The monoisotopic (exact) mass is 271 g/mol. The first kappa shape index (κ1) is 15.1. The van der Waals surface area contributed by atoms with Gasteiger partial charge in [0.1, 0.15) is 16.5 Å². The average molecular weight is 271 g/mol. The van der Waals surface area contributed by atoms with Crippen LogP contribution in [0.1, 0.15) is 50.4 Å². The number of ether oxygens (including phenoxy) is 2. The molecule has 5 heteroatoms. The molecule has 1 aromatic heterocycles. The summed E-state index contributed by atoms with van der Waals surface area (Å²) in [5.74, 6) is -0.214. The van der Waals surface area contributed by atoms with Crippen LogP contribution >= 0.6 is 11.3 Å². The van der Waals surface area contributed by atoms with Gasteiger partial charge >= 0.3 is 5.97 Å². The highest BCUT2D eigenvalue weighted by Crippen LogP contribution is 2.35. The molecule has 102 valence electrons. The van der Waals surface area contributed by atoms with Gasteiger partial charge in [-0.3, -0.25) is 4.79 Å². The number of rotatable bonds is 6. The van der Waals surface area contributed by atoms with E-state index in [4.69, 9.17) is 9.47 Å². The third-order valence-corrected chi connectivity index (χ3v) is 4.50. The van der Waals surface area contributed by atoms with Gasteiger partial charge in [-0.05, 0) is 19.8 Å². The number of carbonyl (C=O) groups is 1. The Morgan fingerprint density at radius 2 is 2.06 bits per heavy atom. The van der Waals surface area contributed by atoms with Crippen LogP contribution in [0, 0.1) is 0 Å². The summed E-state index contributed by atoms with van der Waals surface area (Å²) in [6, 6.07) is 0. The van der Waals surface area contributed by atoms with Gasteiger partial charge in [0.15, 0.2) is 0 Å². The van der Waals surface area contributed by atoms with E-state index in [1.807, 2.05) is 26.2 Å². The maximum Gasteiger partial charge on any atom is 0.317 e. The lowest BCUT2D eigenvalue weighted by Crippen LogP contribution is -2.36. The number of thiazole rings is 1. The van der Waals surface area contributed by atoms with E-state index in [2.05, 4.69) is 4.98 Å². The molecular weight excluding hydrogens is 250 g/mol. The predicted octanol–water partition coefficient (Wildman–Crippen LogP) is 3.08. The summed E-state index contributed by atoms with van der Waals surface area (Å²) < 4.78 is 10.2. The van der Waals surface area contributed by atoms with Crippen molar-refractivity contribution in [1.82, 2.24) is 4.98 Å². The molecule has 1 rings (SSSR count). The summed E-state index contributed by atoms with van der Waals surface area (Å²) >= 11 is 1.52. The first-order valence-corrected chi connectivity index (χ1v) is 7.00. The molecule has 0 aromatic carbocycles. The second-order valence-corrected chi connectivity index (χ2v) is 5.12. The van der Waals surface area contributed by atoms with Crippen LogP contribution in [0.4, 0.5) is 0 Å². The minimum absolute atomic E-state index is 0.0483. The molecule has 0 amide bonds. The first-order valence-electron chi connectivity index (χ1n) is 6.12. The molecule has 0 N–H and O–H groups in total. The minimum Gasteiger partial charge on any atom is -0.468 e. The van der Waals surface area contributed by atoms with E-state index in [9.17, 15) is 4.79 Å². The van der Waals surface area contributed by atoms with Gasteiger partial charge in [-0.1, -0.05) is 13.8 Å². The molecule has 0 radical (unpaired) electrons. The van der Waals surface area contributed by atoms with Crippen molar-refractivity contribution in [3.63, 3.8) is 0 Å². The van der Waals surface area contributed by atoms with E-state index in [1.165, 1.54) is 18.4 Å². The summed E-state index contributed by atoms with van der Waals surface area (Å²) in [6.07, 6.45) is 1.31. The standard InChI is InChI=1S/C13H21NO3S/c1-6-13(7-2,12(15)17-5)10-8-18-11(14-10)9(3)16-4/h8-9H,6-7H2,1-5H3. The van der Waals surface area contributed by atoms with Crippen molar-refractivity contribution < 1.29 is 14.3 Å². The SMILES string of the molecule is CCC(CC)(C(=O)OC)c1csc(C(C)OC)n1. The molecule has 0 saturated heterocycles. The van der Waals surface area contributed by atoms with E-state index in [0.717, 1.165) is 10.7 Å². The molecule has 1 atom stereocenters. The zero-order valence-corrected chi connectivity index (χ0v) is 12.5. The predicted molar refractivity (Wildman–Crippen MR) is 71.8 cm³/mol. The third kappa shape index (κ3) is 2.57. The summed E-state index contributed by atoms with van der Waals surface area (Å²) in [6.45, 7) is 5.92. The molecule has 0 aliphatic rings. The molecule has 0 fully saturated rings. The number of hydrogen-bond acceptors (Lipinski definition) is 5. The lowest BCUT2D eigenvalue weighted by molar-refractivity contribution is -0.148. The molecule has 1 heterocycles. The largest absolute Gasteiger partial charge is 0.468 e. The number of nitrogens with zero attached hydrogens (tertiary/aromatic N) is 1. The zero-order chi connectivity index (χ0) is 13.8. The Bertz CT molecular complexity index is 399. The molecule has 0 saturated carbocycles. The highest BCUT2D eigenvalue weighted by molar-refractivity contribution is 7.09. The van der Waals surface area contributed by atoms with Gasteiger partial charge in [-0.2, -0.15) is 0 Å². The summed E-state index contributed by atoms with van der Waals surface area (Å²) in [7, 11) is 3.08. The normalized spacial score (nSPS) is 13.4. The van der Waals surface area contributed by atoms with Crippen molar-refractivity contribution >= 4 is 17.3 Å². The second-order valence-electron chi connectivity index (χ2n) is 4.23. The Hall–Kier alpha value is -0.940. The van der Waals surface area contributed by atoms with E-state index in [1.54, 1.807) is 7.11 Å². The van der Waals surface area contributed by atoms with Gasteiger partial charge in [0.05, 0.1) is 12.8 Å². The molecular formula is C13H21NO3S. The maximum atomic E-state index is 12.1. The van der Waals surface area contributed by atoms with Crippen LogP contribution in [-0.2, 0) is 19.7 Å². The molecule has 1 unspecified atom stereocenters. The highest BCUT2D eigenvalue weighted by atomic mass is 32.1. The number of carbonyl (C=O) groups excluding carboxylic acids is 1. The van der Waals surface area contributed by atoms with Crippen LogP contribution in [0.3, 0.4) is 0 Å². The van der Waals surface area contributed by atoms with E-state index in [-0.39, 0.29) is 12.1 Å². The van der Waals surface area contributed by atoms with Crippen LogP contribution in [0.2, 0.25) is 0 Å². The van der Waals surface area contributed by atoms with Crippen LogP contribution in [0.25, 0.3) is 0 Å². The zero-order valence-electron chi connectivity index (χ0n) is 11.6. The third-order valence-electron chi connectivity index (χ3n) is 3.50. The molecule has 4 nitrogen and oxygen atoms in total. The van der Waals surface area contributed by atoms with Crippen LogP contribution in [-0.4, -0.2) is 25.2 Å². The molecule has 1 aromatic rings. The molecule has 0 spiro atoms. The average Bonchev–Trinajstić information content (AvgIpc) is 2.89. The van der Waals surface area contributed by atoms with Crippen LogP contribution in [0.15, 0.2) is 5.38 Å². The van der Waals surface area contributed by atoms with E-state index < -0.39 is 5.41 Å². The lowest BCUT2D eigenvalue weighted by atomic mass is 9.80. The van der Waals surface area contributed by atoms with Crippen molar-refractivity contribution in [2.75, 3.05) is 14.2 Å². The second kappa shape index (κ2) is 6.29. The minimum atomic E-state index is -0.628. The summed E-state index contributed by atoms with van der Waals surface area (Å²) in [5, 5.41) is 2.83. The quantitative estimate of drug-likeness (QED) is 0.746. The highest BCUT2D eigenvalue weighted by Gasteiger charge is 2.40. The van der Waals surface area contributed by atoms with Crippen molar-refractivity contribution in [3.8, 4) is 0 Å². The lowest BCUT2D eigenvalue weighted by Gasteiger charge is -2.26. The molecule has 0 aliphatic heterocycles. The maximum absolute atomic E-state index is 12.1. The van der Waals surface area contributed by atoms with Crippen molar-refractivity contribution in [3.05, 3.63) is 16.1 Å². The van der Waals surface area contributed by atoms with Crippen molar-refractivity contribution in [2.24, 2.45) is 0 Å². The molecule has 0 aliphatic carbocycles. The van der Waals surface area contributed by atoms with E-state index in [0.29, 0.717) is 12.8 Å². The van der Waals surface area contributed by atoms with Gasteiger partial charge < -0.3 is 9.47 Å². The Morgan fingerprint density at radius 1 is 1.44 bits per heavy atom. The van der Waals surface area contributed by atoms with Gasteiger partial charge in [-0.25, -0.2) is 4.98 Å². The van der Waals surface area contributed by atoms with Crippen molar-refractivity contribution in [1.29, 1.82) is 0 Å². The number of methoxy groups -OCH3 is 2. The molecule has 0 bridgehead atoms. The Labute approximate surface area is 112 Å². The topological polar surface area (TPSA) is 48.4 Å². The van der Waals surface area contributed by atoms with Crippen molar-refractivity contribution in [2.45, 2.75) is 45.1 Å². The first-order chi connectivity index (χ1) is 8.55. The number of hydrogen-bond donors (Lipinski definition) is 0. The van der Waals surface area contributed by atoms with Crippen LogP contribution in [0.5, 0.6) is 0 Å². The molecule has 18 heavy (non-hydrogen) atoms. The van der Waals surface area contributed by atoms with Gasteiger partial charge in [0, 0.05) is 12.5 Å². The van der Waals surface area contributed by atoms with E-state index >= 15 is 0 Å². The van der Waals surface area contributed by atoms with Crippen LogP contribution < -0.4 is 0 Å². The fraction of sp³-hybridized carbons (Fsp3) is 0.692. The summed E-state index contributed by atoms with van der Waals surface area (Å²) in [5.41, 5.74) is 0.167. The smallest absolute Gasteiger partial charge is 0.317 e. The summed E-state index contributed by atoms with van der Waals surface area (Å²) in [4.78, 5) is 16.6. The fourth-order valence-electron chi connectivity index (χ4n) is 2.00. The van der Waals surface area contributed by atoms with Gasteiger partial charge in [0.2, 0.25) is 0 Å². The van der Waals surface area contributed by atoms with Gasteiger partial charge in [0.25, 0.3) is 0 Å². The Morgan fingerprint density at radius 3 is 2.50 bits per heavy atom. The number of esters is 1. The Kier molecular flexibility index (Phi) is 5.28. The Balaban J connectivity index is 3.14.